The van der Waals surface area contributed by atoms with Crippen LogP contribution in [0.2, 0.25) is 0 Å². The fraction of sp³-hybridized carbons (Fsp3) is 0.357. The maximum Gasteiger partial charge on any atom is 0.233 e. The summed E-state index contributed by atoms with van der Waals surface area (Å²) >= 11 is 1.41. The molecule has 0 radical (unpaired) electrons. The van der Waals surface area contributed by atoms with Gasteiger partial charge in [-0.25, -0.2) is 0 Å². The number of hydrogen-bond acceptors (Lipinski definition) is 4. The molecule has 0 saturated heterocycles. The van der Waals surface area contributed by atoms with Crippen LogP contribution in [-0.4, -0.2) is 32.5 Å². The number of aromatic nitrogens is 3. The lowest BCUT2D eigenvalue weighted by Gasteiger charge is -2.12. The molecule has 1 aromatic carbocycles. The first-order valence-electron chi connectivity index (χ1n) is 6.55. The quantitative estimate of drug-likeness (QED) is 0.858. The van der Waals surface area contributed by atoms with Gasteiger partial charge in [-0.15, -0.1) is 10.2 Å². The van der Waals surface area contributed by atoms with Crippen molar-refractivity contribution in [1.82, 2.24) is 20.1 Å². The summed E-state index contributed by atoms with van der Waals surface area (Å²) in [5.74, 6) is 0.819. The lowest BCUT2D eigenvalue weighted by Crippen LogP contribution is -2.30. The van der Waals surface area contributed by atoms with E-state index in [1.165, 1.54) is 11.8 Å². The Morgan fingerprint density at radius 2 is 2.05 bits per heavy atom. The Hall–Kier alpha value is -1.82. The van der Waals surface area contributed by atoms with Gasteiger partial charge in [0, 0.05) is 12.2 Å². The summed E-state index contributed by atoms with van der Waals surface area (Å²) in [6.45, 7) is 6.32. The minimum absolute atomic E-state index is 0.0118. The smallest absolute Gasteiger partial charge is 0.233 e. The summed E-state index contributed by atoms with van der Waals surface area (Å²) in [6.07, 6.45) is 0. The molecule has 1 amide bonds. The fourth-order valence-electron chi connectivity index (χ4n) is 1.82. The second kappa shape index (κ2) is 6.56. The number of carbonyl (C=O) groups excluding carboxylic acids is 1. The van der Waals surface area contributed by atoms with E-state index >= 15 is 0 Å². The molecule has 20 heavy (non-hydrogen) atoms. The standard InChI is InChI=1S/C14H18N4OS/c1-4-15-13(19)10(2)20-14-17-16-11(3)18(14)12-8-6-5-7-9-12/h5-10H,4H2,1-3H3,(H,15,19). The second-order valence-electron chi connectivity index (χ2n) is 4.36. The molecule has 2 aromatic rings. The minimum Gasteiger partial charge on any atom is -0.355 e. The van der Waals surface area contributed by atoms with Crippen molar-refractivity contribution in [2.75, 3.05) is 6.54 Å². The molecule has 0 saturated carbocycles. The van der Waals surface area contributed by atoms with Gasteiger partial charge >= 0.3 is 0 Å². The third-order valence-electron chi connectivity index (χ3n) is 2.81. The Labute approximate surface area is 122 Å². The van der Waals surface area contributed by atoms with Crippen molar-refractivity contribution in [2.24, 2.45) is 0 Å². The average Bonchev–Trinajstić information content (AvgIpc) is 2.81. The Balaban J connectivity index is 2.24. The van der Waals surface area contributed by atoms with Gasteiger partial charge in [-0.2, -0.15) is 0 Å². The maximum atomic E-state index is 11.8. The van der Waals surface area contributed by atoms with Crippen LogP contribution in [0, 0.1) is 6.92 Å². The normalized spacial score (nSPS) is 12.2. The van der Waals surface area contributed by atoms with Crippen molar-refractivity contribution in [3.8, 4) is 5.69 Å². The third-order valence-corrected chi connectivity index (χ3v) is 3.85. The van der Waals surface area contributed by atoms with Crippen molar-refractivity contribution >= 4 is 17.7 Å². The third kappa shape index (κ3) is 3.19. The minimum atomic E-state index is -0.207. The van der Waals surface area contributed by atoms with Crippen LogP contribution in [0.4, 0.5) is 0 Å². The van der Waals surface area contributed by atoms with E-state index in [9.17, 15) is 4.79 Å². The fourth-order valence-corrected chi connectivity index (χ4v) is 2.76. The summed E-state index contributed by atoms with van der Waals surface area (Å²) in [4.78, 5) is 11.8. The predicted molar refractivity (Wildman–Crippen MR) is 80.1 cm³/mol. The number of benzene rings is 1. The molecule has 1 heterocycles. The zero-order valence-electron chi connectivity index (χ0n) is 11.8. The van der Waals surface area contributed by atoms with E-state index in [4.69, 9.17) is 0 Å². The van der Waals surface area contributed by atoms with Crippen LogP contribution < -0.4 is 5.32 Å². The zero-order valence-corrected chi connectivity index (χ0v) is 12.6. The number of rotatable bonds is 5. The lowest BCUT2D eigenvalue weighted by molar-refractivity contribution is -0.120. The number of nitrogens with zero attached hydrogens (tertiary/aromatic N) is 3. The topological polar surface area (TPSA) is 59.8 Å². The molecule has 0 bridgehead atoms. The van der Waals surface area contributed by atoms with Crippen molar-refractivity contribution in [3.05, 3.63) is 36.2 Å². The predicted octanol–water partition coefficient (Wildman–Crippen LogP) is 2.19. The number of carbonyl (C=O) groups is 1. The molecule has 0 aliphatic heterocycles. The van der Waals surface area contributed by atoms with Crippen molar-refractivity contribution < 1.29 is 4.79 Å². The maximum absolute atomic E-state index is 11.8. The number of nitrogens with one attached hydrogen (secondary N) is 1. The van der Waals surface area contributed by atoms with Crippen molar-refractivity contribution in [3.63, 3.8) is 0 Å². The molecule has 0 fully saturated rings. The van der Waals surface area contributed by atoms with Crippen LogP contribution in [0.1, 0.15) is 19.7 Å². The monoisotopic (exact) mass is 290 g/mol. The number of aryl methyl sites for hydroxylation is 1. The summed E-state index contributed by atoms with van der Waals surface area (Å²) < 4.78 is 1.96. The molecule has 2 rings (SSSR count). The van der Waals surface area contributed by atoms with E-state index in [2.05, 4.69) is 15.5 Å². The van der Waals surface area contributed by atoms with Gasteiger partial charge in [0.2, 0.25) is 5.91 Å². The number of thioether (sulfide) groups is 1. The summed E-state index contributed by atoms with van der Waals surface area (Å²) in [7, 11) is 0. The van der Waals surface area contributed by atoms with Crippen LogP contribution in [0.15, 0.2) is 35.5 Å². The van der Waals surface area contributed by atoms with Crippen LogP contribution >= 0.6 is 11.8 Å². The molecule has 0 aliphatic rings. The van der Waals surface area contributed by atoms with Gasteiger partial charge in [-0.05, 0) is 32.9 Å². The van der Waals surface area contributed by atoms with E-state index in [1.54, 1.807) is 0 Å². The summed E-state index contributed by atoms with van der Waals surface area (Å²) in [5.41, 5.74) is 1.00. The van der Waals surface area contributed by atoms with Gasteiger partial charge in [0.05, 0.1) is 5.25 Å². The first-order chi connectivity index (χ1) is 9.63. The van der Waals surface area contributed by atoms with Gasteiger partial charge < -0.3 is 5.32 Å². The second-order valence-corrected chi connectivity index (χ2v) is 5.66. The Bertz CT molecular complexity index is 582. The van der Waals surface area contributed by atoms with Crippen LogP contribution in [0.3, 0.4) is 0 Å². The van der Waals surface area contributed by atoms with Crippen LogP contribution in [0.5, 0.6) is 0 Å². The van der Waals surface area contributed by atoms with Gasteiger partial charge in [0.15, 0.2) is 5.16 Å². The van der Waals surface area contributed by atoms with E-state index in [0.29, 0.717) is 6.54 Å². The molecule has 1 unspecified atom stereocenters. The molecule has 5 nitrogen and oxygen atoms in total. The SMILES string of the molecule is CCNC(=O)C(C)Sc1nnc(C)n1-c1ccccc1. The Morgan fingerprint density at radius 1 is 1.35 bits per heavy atom. The lowest BCUT2D eigenvalue weighted by atomic mass is 10.3. The summed E-state index contributed by atoms with van der Waals surface area (Å²) in [6, 6.07) is 9.90. The van der Waals surface area contributed by atoms with Crippen LogP contribution in [0.25, 0.3) is 5.69 Å². The van der Waals surface area contributed by atoms with Gasteiger partial charge in [-0.1, -0.05) is 30.0 Å². The molecule has 6 heteroatoms. The van der Waals surface area contributed by atoms with E-state index < -0.39 is 0 Å². The van der Waals surface area contributed by atoms with Gasteiger partial charge in [-0.3, -0.25) is 9.36 Å². The molecular formula is C14H18N4OS. The summed E-state index contributed by atoms with van der Waals surface area (Å²) in [5, 5.41) is 11.6. The van der Waals surface area contributed by atoms with E-state index in [1.807, 2.05) is 55.7 Å². The number of amides is 1. The van der Waals surface area contributed by atoms with Crippen molar-refractivity contribution in [1.29, 1.82) is 0 Å². The molecule has 0 spiro atoms. The Kier molecular flexibility index (Phi) is 4.79. The number of hydrogen-bond donors (Lipinski definition) is 1. The van der Waals surface area contributed by atoms with Crippen LogP contribution in [-0.2, 0) is 4.79 Å². The molecule has 1 N–H and O–H groups in total. The van der Waals surface area contributed by atoms with Crippen molar-refractivity contribution in [2.45, 2.75) is 31.2 Å². The largest absolute Gasteiger partial charge is 0.355 e. The highest BCUT2D eigenvalue weighted by atomic mass is 32.2. The van der Waals surface area contributed by atoms with Gasteiger partial charge in [0.1, 0.15) is 5.82 Å². The molecular weight excluding hydrogens is 272 g/mol. The van der Waals surface area contributed by atoms with Gasteiger partial charge in [0.25, 0.3) is 0 Å². The van der Waals surface area contributed by atoms with E-state index in [0.717, 1.165) is 16.7 Å². The highest BCUT2D eigenvalue weighted by molar-refractivity contribution is 8.00. The first-order valence-corrected chi connectivity index (χ1v) is 7.43. The Morgan fingerprint density at radius 3 is 2.70 bits per heavy atom. The highest BCUT2D eigenvalue weighted by Gasteiger charge is 2.19. The molecule has 106 valence electrons. The first kappa shape index (κ1) is 14.6. The van der Waals surface area contributed by atoms with E-state index in [-0.39, 0.29) is 11.2 Å². The number of para-hydroxylation sites is 1. The molecule has 0 aliphatic carbocycles. The highest BCUT2D eigenvalue weighted by Crippen LogP contribution is 2.25. The zero-order chi connectivity index (χ0) is 14.5. The molecule has 1 aromatic heterocycles. The average molecular weight is 290 g/mol. The molecule has 1 atom stereocenters.